The molecule has 0 fully saturated rings. The fourth-order valence-electron chi connectivity index (χ4n) is 1.74. The van der Waals surface area contributed by atoms with Crippen molar-refractivity contribution in [2.75, 3.05) is 5.43 Å². The number of nitrogens with zero attached hydrogens (tertiary/aromatic N) is 2. The summed E-state index contributed by atoms with van der Waals surface area (Å²) in [5.41, 5.74) is 3.95. The van der Waals surface area contributed by atoms with Gasteiger partial charge in [-0.3, -0.25) is 9.78 Å². The molecule has 0 amide bonds. The van der Waals surface area contributed by atoms with Crippen molar-refractivity contribution in [3.8, 4) is 5.75 Å². The molecular weight excluding hydrogens is 268 g/mol. The van der Waals surface area contributed by atoms with Gasteiger partial charge in [-0.05, 0) is 32.9 Å². The zero-order valence-electron chi connectivity index (χ0n) is 12.3. The Balaban J connectivity index is 2.12. The van der Waals surface area contributed by atoms with Gasteiger partial charge >= 0.3 is 0 Å². The number of benzene rings is 1. The van der Waals surface area contributed by atoms with Gasteiger partial charge in [0.05, 0.1) is 12.3 Å². The molecule has 1 aromatic heterocycles. The second kappa shape index (κ2) is 6.69. The van der Waals surface area contributed by atoms with E-state index in [9.17, 15) is 4.79 Å². The third kappa shape index (κ3) is 4.45. The summed E-state index contributed by atoms with van der Waals surface area (Å²) >= 11 is 0. The Bertz CT molecular complexity index is 692. The van der Waals surface area contributed by atoms with E-state index in [1.54, 1.807) is 13.1 Å². The van der Waals surface area contributed by atoms with Crippen LogP contribution in [0.1, 0.15) is 25.1 Å². The van der Waals surface area contributed by atoms with Gasteiger partial charge in [0, 0.05) is 17.3 Å². The summed E-state index contributed by atoms with van der Waals surface area (Å²) in [6, 6.07) is 9.01. The molecule has 0 radical (unpaired) electrons. The summed E-state index contributed by atoms with van der Waals surface area (Å²) in [5, 5.41) is 4.07. The summed E-state index contributed by atoms with van der Waals surface area (Å²) in [4.78, 5) is 18.0. The highest BCUT2D eigenvalue weighted by Gasteiger charge is 2.02. The average Bonchev–Trinajstić information content (AvgIpc) is 2.39. The van der Waals surface area contributed by atoms with Gasteiger partial charge in [-0.25, -0.2) is 10.4 Å². The Morgan fingerprint density at radius 2 is 2.14 bits per heavy atom. The lowest BCUT2D eigenvalue weighted by Gasteiger charge is -2.11. The highest BCUT2D eigenvalue weighted by Crippen LogP contribution is 2.17. The molecule has 0 spiro atoms. The molecule has 0 aliphatic carbocycles. The molecule has 0 saturated carbocycles. The molecule has 0 saturated heterocycles. The van der Waals surface area contributed by atoms with Crippen LogP contribution in [-0.4, -0.2) is 22.3 Å². The van der Waals surface area contributed by atoms with E-state index in [4.69, 9.17) is 4.74 Å². The number of rotatable bonds is 5. The van der Waals surface area contributed by atoms with Crippen molar-refractivity contribution >= 4 is 12.2 Å². The zero-order valence-corrected chi connectivity index (χ0v) is 12.3. The normalized spacial score (nSPS) is 11.0. The van der Waals surface area contributed by atoms with Gasteiger partial charge < -0.3 is 4.74 Å². The molecule has 0 aliphatic rings. The van der Waals surface area contributed by atoms with Crippen LogP contribution in [0.15, 0.2) is 40.2 Å². The Hall–Kier alpha value is -2.63. The van der Waals surface area contributed by atoms with Crippen LogP contribution in [0.4, 0.5) is 5.95 Å². The van der Waals surface area contributed by atoms with Crippen LogP contribution in [0.3, 0.4) is 0 Å². The molecule has 21 heavy (non-hydrogen) atoms. The second-order valence-corrected chi connectivity index (χ2v) is 4.81. The maximum Gasteiger partial charge on any atom is 0.252 e. The number of hydrogen-bond donors (Lipinski definition) is 2. The minimum atomic E-state index is -0.219. The minimum Gasteiger partial charge on any atom is -0.490 e. The number of aromatic amines is 1. The van der Waals surface area contributed by atoms with Gasteiger partial charge in [0.2, 0.25) is 5.95 Å². The third-order valence-electron chi connectivity index (χ3n) is 2.53. The molecule has 1 aromatic carbocycles. The molecule has 2 rings (SSSR count). The lowest BCUT2D eigenvalue weighted by Crippen LogP contribution is -2.10. The quantitative estimate of drug-likeness (QED) is 0.653. The predicted molar refractivity (Wildman–Crippen MR) is 83.0 cm³/mol. The molecular formula is C15H18N4O2. The van der Waals surface area contributed by atoms with Crippen LogP contribution in [0, 0.1) is 6.92 Å². The van der Waals surface area contributed by atoms with E-state index < -0.39 is 0 Å². The van der Waals surface area contributed by atoms with Gasteiger partial charge in [0.15, 0.2) is 0 Å². The third-order valence-corrected chi connectivity index (χ3v) is 2.53. The number of H-pyrrole nitrogens is 1. The first-order valence-corrected chi connectivity index (χ1v) is 6.67. The Labute approximate surface area is 122 Å². The Morgan fingerprint density at radius 3 is 2.86 bits per heavy atom. The SMILES string of the molecule is Cc1cc(=O)[nH]c(N/N=C/c2ccccc2OC(C)C)n1. The number of nitrogens with one attached hydrogen (secondary N) is 2. The van der Waals surface area contributed by atoms with Crippen molar-refractivity contribution in [2.24, 2.45) is 5.10 Å². The largest absolute Gasteiger partial charge is 0.490 e. The van der Waals surface area contributed by atoms with Gasteiger partial charge in [-0.15, -0.1) is 0 Å². The van der Waals surface area contributed by atoms with Gasteiger partial charge in [0.25, 0.3) is 5.56 Å². The van der Waals surface area contributed by atoms with Crippen molar-refractivity contribution in [1.82, 2.24) is 9.97 Å². The molecule has 0 atom stereocenters. The first-order valence-electron chi connectivity index (χ1n) is 6.67. The number of hydrogen-bond acceptors (Lipinski definition) is 5. The molecule has 1 heterocycles. The van der Waals surface area contributed by atoms with E-state index in [2.05, 4.69) is 20.5 Å². The Morgan fingerprint density at radius 1 is 1.38 bits per heavy atom. The lowest BCUT2D eigenvalue weighted by molar-refractivity contribution is 0.242. The van der Waals surface area contributed by atoms with E-state index in [0.29, 0.717) is 11.6 Å². The van der Waals surface area contributed by atoms with Gasteiger partial charge in [-0.1, -0.05) is 12.1 Å². The van der Waals surface area contributed by atoms with Crippen molar-refractivity contribution in [3.63, 3.8) is 0 Å². The van der Waals surface area contributed by atoms with E-state index >= 15 is 0 Å². The number of para-hydroxylation sites is 1. The minimum absolute atomic E-state index is 0.0855. The standard InChI is InChI=1S/C15H18N4O2/c1-10(2)21-13-7-5-4-6-12(13)9-16-19-15-17-11(3)8-14(20)18-15/h4-10H,1-3H3,(H2,17,18,19,20)/b16-9+. The summed E-state index contributed by atoms with van der Waals surface area (Å²) in [6.45, 7) is 5.68. The van der Waals surface area contributed by atoms with E-state index in [1.807, 2.05) is 38.1 Å². The molecule has 2 N–H and O–H groups in total. The number of aromatic nitrogens is 2. The van der Waals surface area contributed by atoms with Crippen LogP contribution < -0.4 is 15.7 Å². The maximum atomic E-state index is 11.3. The number of hydrazone groups is 1. The van der Waals surface area contributed by atoms with Crippen molar-refractivity contribution < 1.29 is 4.74 Å². The van der Waals surface area contributed by atoms with Crippen molar-refractivity contribution in [3.05, 3.63) is 51.9 Å². The predicted octanol–water partition coefficient (Wildman–Crippen LogP) is 2.31. The smallest absolute Gasteiger partial charge is 0.252 e. The molecule has 6 heteroatoms. The van der Waals surface area contributed by atoms with Crippen LogP contribution in [0.25, 0.3) is 0 Å². The molecule has 110 valence electrons. The fraction of sp³-hybridized carbons (Fsp3) is 0.267. The molecule has 0 bridgehead atoms. The first-order chi connectivity index (χ1) is 10.0. The van der Waals surface area contributed by atoms with Crippen molar-refractivity contribution in [2.45, 2.75) is 26.9 Å². The lowest BCUT2D eigenvalue weighted by atomic mass is 10.2. The summed E-state index contributed by atoms with van der Waals surface area (Å²) < 4.78 is 5.69. The van der Waals surface area contributed by atoms with Crippen LogP contribution in [-0.2, 0) is 0 Å². The number of aryl methyl sites for hydroxylation is 1. The van der Waals surface area contributed by atoms with E-state index in [0.717, 1.165) is 11.3 Å². The fourth-order valence-corrected chi connectivity index (χ4v) is 1.74. The zero-order chi connectivity index (χ0) is 15.2. The summed E-state index contributed by atoms with van der Waals surface area (Å²) in [5.74, 6) is 1.06. The van der Waals surface area contributed by atoms with Crippen LogP contribution in [0.5, 0.6) is 5.75 Å². The Kier molecular flexibility index (Phi) is 4.71. The van der Waals surface area contributed by atoms with Gasteiger partial charge in [-0.2, -0.15) is 5.10 Å². The highest BCUT2D eigenvalue weighted by molar-refractivity contribution is 5.83. The topological polar surface area (TPSA) is 79.4 Å². The molecule has 2 aromatic rings. The van der Waals surface area contributed by atoms with Crippen LogP contribution in [0.2, 0.25) is 0 Å². The van der Waals surface area contributed by atoms with Crippen LogP contribution >= 0.6 is 0 Å². The van der Waals surface area contributed by atoms with E-state index in [1.165, 1.54) is 6.07 Å². The average molecular weight is 286 g/mol. The van der Waals surface area contributed by atoms with Gasteiger partial charge in [0.1, 0.15) is 5.75 Å². The highest BCUT2D eigenvalue weighted by atomic mass is 16.5. The molecule has 6 nitrogen and oxygen atoms in total. The second-order valence-electron chi connectivity index (χ2n) is 4.81. The monoisotopic (exact) mass is 286 g/mol. The van der Waals surface area contributed by atoms with Crippen molar-refractivity contribution in [1.29, 1.82) is 0 Å². The van der Waals surface area contributed by atoms with E-state index in [-0.39, 0.29) is 11.7 Å². The number of anilines is 1. The summed E-state index contributed by atoms with van der Waals surface area (Å²) in [6.07, 6.45) is 1.71. The molecule has 0 aliphatic heterocycles. The first kappa shape index (κ1) is 14.8. The summed E-state index contributed by atoms with van der Waals surface area (Å²) in [7, 11) is 0. The maximum absolute atomic E-state index is 11.3. The number of ether oxygens (including phenoxy) is 1. The molecule has 0 unspecified atom stereocenters.